The maximum absolute atomic E-state index is 14.5. The number of rotatable bonds is 5. The standard InChI is InChI=1S/C21H19FN6O2/c22-15-12-27(11-14-5-2-1-3-6-14)26-18(15)21(29)25-16-13-30-17-7-4-8-23-20(17)28-10-9-24-19(16)28/h1-10,12,16,21,25,29H,11,13H2/t16-,21?/m1/s1. The second kappa shape index (κ2) is 7.69. The van der Waals surface area contributed by atoms with E-state index >= 15 is 0 Å². The Hall–Kier alpha value is -3.56. The number of aromatic nitrogens is 5. The van der Waals surface area contributed by atoms with Crippen molar-refractivity contribution in [1.29, 1.82) is 0 Å². The first kappa shape index (κ1) is 18.5. The number of nitrogens with zero attached hydrogens (tertiary/aromatic N) is 5. The molecule has 9 heteroatoms. The van der Waals surface area contributed by atoms with Gasteiger partial charge in [-0.3, -0.25) is 14.6 Å². The van der Waals surface area contributed by atoms with Gasteiger partial charge in [0.2, 0.25) is 0 Å². The predicted octanol–water partition coefficient (Wildman–Crippen LogP) is 2.37. The maximum Gasteiger partial charge on any atom is 0.181 e. The lowest BCUT2D eigenvalue weighted by Gasteiger charge is -2.19. The number of pyridine rings is 1. The molecule has 0 aliphatic carbocycles. The fourth-order valence-electron chi connectivity index (χ4n) is 3.52. The summed E-state index contributed by atoms with van der Waals surface area (Å²) in [4.78, 5) is 8.73. The average molecular weight is 406 g/mol. The number of fused-ring (bicyclic) bond motifs is 3. The summed E-state index contributed by atoms with van der Waals surface area (Å²) in [5.41, 5.74) is 0.905. The normalized spacial score (nSPS) is 16.3. The summed E-state index contributed by atoms with van der Waals surface area (Å²) in [5.74, 6) is 1.24. The summed E-state index contributed by atoms with van der Waals surface area (Å²) in [5, 5.41) is 17.9. The van der Waals surface area contributed by atoms with Gasteiger partial charge < -0.3 is 9.84 Å². The summed E-state index contributed by atoms with van der Waals surface area (Å²) in [6.45, 7) is 0.599. The van der Waals surface area contributed by atoms with Crippen LogP contribution in [0.3, 0.4) is 0 Å². The van der Waals surface area contributed by atoms with Crippen LogP contribution in [0.25, 0.3) is 5.82 Å². The molecule has 8 nitrogen and oxygen atoms in total. The number of aliphatic hydroxyl groups is 1. The minimum atomic E-state index is -1.34. The van der Waals surface area contributed by atoms with E-state index in [1.54, 1.807) is 29.2 Å². The topological polar surface area (TPSA) is 90.0 Å². The number of ether oxygens (including phenoxy) is 1. The molecular weight excluding hydrogens is 387 g/mol. The molecule has 0 fully saturated rings. The van der Waals surface area contributed by atoms with Gasteiger partial charge in [0.1, 0.15) is 24.2 Å². The van der Waals surface area contributed by atoms with Crippen LogP contribution < -0.4 is 10.1 Å². The summed E-state index contributed by atoms with van der Waals surface area (Å²) < 4.78 is 23.6. The van der Waals surface area contributed by atoms with Crippen molar-refractivity contribution in [1.82, 2.24) is 29.6 Å². The number of hydrogen-bond acceptors (Lipinski definition) is 6. The Morgan fingerprint density at radius 3 is 2.90 bits per heavy atom. The lowest BCUT2D eigenvalue weighted by molar-refractivity contribution is 0.0995. The molecule has 0 saturated carbocycles. The fraction of sp³-hybridized carbons (Fsp3) is 0.190. The SMILES string of the molecule is OC(N[C@@H]1COc2cccnc2-n2ccnc21)c1nn(Cc2ccccc2)cc1F. The van der Waals surface area contributed by atoms with E-state index in [2.05, 4.69) is 20.4 Å². The van der Waals surface area contributed by atoms with E-state index in [1.165, 1.54) is 10.9 Å². The van der Waals surface area contributed by atoms with E-state index in [9.17, 15) is 9.50 Å². The molecule has 2 N–H and O–H groups in total. The van der Waals surface area contributed by atoms with Crippen molar-refractivity contribution < 1.29 is 14.2 Å². The predicted molar refractivity (Wildman–Crippen MR) is 105 cm³/mol. The van der Waals surface area contributed by atoms with Gasteiger partial charge in [-0.1, -0.05) is 30.3 Å². The van der Waals surface area contributed by atoms with Gasteiger partial charge in [-0.2, -0.15) is 5.10 Å². The lowest BCUT2D eigenvalue weighted by atomic mass is 10.2. The van der Waals surface area contributed by atoms with Crippen LogP contribution in [0, 0.1) is 5.82 Å². The first-order chi connectivity index (χ1) is 14.7. The summed E-state index contributed by atoms with van der Waals surface area (Å²) in [6, 6.07) is 12.7. The van der Waals surface area contributed by atoms with Crippen LogP contribution in [0.5, 0.6) is 5.75 Å². The van der Waals surface area contributed by atoms with E-state index in [4.69, 9.17) is 4.74 Å². The minimum Gasteiger partial charge on any atom is -0.488 e. The highest BCUT2D eigenvalue weighted by Gasteiger charge is 2.29. The van der Waals surface area contributed by atoms with Gasteiger partial charge in [-0.25, -0.2) is 14.4 Å². The van der Waals surface area contributed by atoms with Crippen LogP contribution in [-0.4, -0.2) is 36.0 Å². The van der Waals surface area contributed by atoms with E-state index < -0.39 is 18.1 Å². The first-order valence-electron chi connectivity index (χ1n) is 9.51. The molecule has 0 radical (unpaired) electrons. The van der Waals surface area contributed by atoms with Crippen LogP contribution in [0.15, 0.2) is 67.3 Å². The molecule has 0 amide bonds. The zero-order valence-electron chi connectivity index (χ0n) is 15.9. The summed E-state index contributed by atoms with van der Waals surface area (Å²) in [7, 11) is 0. The van der Waals surface area contributed by atoms with Crippen molar-refractivity contribution in [3.8, 4) is 11.6 Å². The van der Waals surface area contributed by atoms with Gasteiger partial charge in [-0.15, -0.1) is 0 Å². The molecule has 4 heterocycles. The smallest absolute Gasteiger partial charge is 0.181 e. The number of halogens is 1. The van der Waals surface area contributed by atoms with Crippen LogP contribution in [0.1, 0.15) is 29.4 Å². The molecule has 3 aromatic heterocycles. The molecule has 1 aliphatic heterocycles. The number of aliphatic hydroxyl groups excluding tert-OH is 1. The van der Waals surface area contributed by atoms with Gasteiger partial charge in [0.15, 0.2) is 23.6 Å². The van der Waals surface area contributed by atoms with Crippen LogP contribution in [0.2, 0.25) is 0 Å². The van der Waals surface area contributed by atoms with Crippen molar-refractivity contribution in [2.45, 2.75) is 18.8 Å². The van der Waals surface area contributed by atoms with E-state index in [1.807, 2.05) is 36.4 Å². The van der Waals surface area contributed by atoms with Crippen molar-refractivity contribution in [2.75, 3.05) is 6.61 Å². The lowest BCUT2D eigenvalue weighted by Crippen LogP contribution is -2.32. The Bertz CT molecular complexity index is 1160. The number of imidazole rings is 1. The molecular formula is C21H19FN6O2. The first-order valence-corrected chi connectivity index (χ1v) is 9.51. The van der Waals surface area contributed by atoms with E-state index in [0.29, 0.717) is 23.9 Å². The average Bonchev–Trinajstić information content (AvgIpc) is 3.35. The third kappa shape index (κ3) is 3.44. The van der Waals surface area contributed by atoms with Gasteiger partial charge in [0.05, 0.1) is 12.7 Å². The second-order valence-corrected chi connectivity index (χ2v) is 6.96. The van der Waals surface area contributed by atoms with E-state index in [0.717, 1.165) is 5.56 Å². The zero-order valence-corrected chi connectivity index (χ0v) is 15.9. The zero-order chi connectivity index (χ0) is 20.5. The molecule has 1 unspecified atom stereocenters. The Kier molecular flexibility index (Phi) is 4.74. The van der Waals surface area contributed by atoms with Crippen molar-refractivity contribution in [2.24, 2.45) is 0 Å². The van der Waals surface area contributed by atoms with Crippen molar-refractivity contribution >= 4 is 0 Å². The van der Waals surface area contributed by atoms with Gasteiger partial charge >= 0.3 is 0 Å². The fourth-order valence-corrected chi connectivity index (χ4v) is 3.52. The van der Waals surface area contributed by atoms with Crippen molar-refractivity contribution in [3.63, 3.8) is 0 Å². The van der Waals surface area contributed by atoms with Crippen LogP contribution >= 0.6 is 0 Å². The molecule has 0 saturated heterocycles. The Morgan fingerprint density at radius 2 is 2.03 bits per heavy atom. The summed E-state index contributed by atoms with van der Waals surface area (Å²) in [6.07, 6.45) is 5.03. The summed E-state index contributed by atoms with van der Waals surface area (Å²) >= 11 is 0. The second-order valence-electron chi connectivity index (χ2n) is 6.96. The Morgan fingerprint density at radius 1 is 1.17 bits per heavy atom. The van der Waals surface area contributed by atoms with Gasteiger partial charge in [0, 0.05) is 18.6 Å². The Labute approximate surface area is 171 Å². The highest BCUT2D eigenvalue weighted by atomic mass is 19.1. The molecule has 1 aromatic carbocycles. The third-order valence-corrected chi connectivity index (χ3v) is 4.91. The molecule has 2 atom stereocenters. The molecule has 4 aromatic rings. The molecule has 5 rings (SSSR count). The Balaban J connectivity index is 1.37. The largest absolute Gasteiger partial charge is 0.488 e. The number of benzene rings is 1. The molecule has 0 spiro atoms. The van der Waals surface area contributed by atoms with E-state index in [-0.39, 0.29) is 12.3 Å². The molecule has 1 aliphatic rings. The van der Waals surface area contributed by atoms with Gasteiger partial charge in [0.25, 0.3) is 0 Å². The molecule has 30 heavy (non-hydrogen) atoms. The van der Waals surface area contributed by atoms with Crippen molar-refractivity contribution in [3.05, 3.63) is 90.2 Å². The third-order valence-electron chi connectivity index (χ3n) is 4.91. The van der Waals surface area contributed by atoms with Crippen LogP contribution in [-0.2, 0) is 6.54 Å². The number of nitrogens with one attached hydrogen (secondary N) is 1. The molecule has 0 bridgehead atoms. The highest BCUT2D eigenvalue weighted by molar-refractivity contribution is 5.42. The maximum atomic E-state index is 14.5. The quantitative estimate of drug-likeness (QED) is 0.495. The number of hydrogen-bond donors (Lipinski definition) is 2. The minimum absolute atomic E-state index is 0.0797. The monoisotopic (exact) mass is 406 g/mol. The molecule has 152 valence electrons. The highest BCUT2D eigenvalue weighted by Crippen LogP contribution is 2.29. The van der Waals surface area contributed by atoms with Gasteiger partial charge in [-0.05, 0) is 17.7 Å². The van der Waals surface area contributed by atoms with Crippen LogP contribution in [0.4, 0.5) is 4.39 Å².